The van der Waals surface area contributed by atoms with Gasteiger partial charge >= 0.3 is 0 Å². The topological polar surface area (TPSA) is 72.4 Å². The highest BCUT2D eigenvalue weighted by Crippen LogP contribution is 2.34. The minimum absolute atomic E-state index is 0.0327. The maximum Gasteiger partial charge on any atom is 0.245 e. The molecule has 2 N–H and O–H groups in total. The minimum Gasteiger partial charge on any atom is -0.359 e. The molecule has 1 fully saturated rings. The first kappa shape index (κ1) is 13.3. The van der Waals surface area contributed by atoms with Gasteiger partial charge in [0.1, 0.15) is 6.04 Å². The molecule has 2 unspecified atom stereocenters. The number of aryl methyl sites for hydroxylation is 1. The van der Waals surface area contributed by atoms with Gasteiger partial charge < -0.3 is 15.2 Å². The molecular formula is C14H17N3O2S. The van der Waals surface area contributed by atoms with E-state index in [9.17, 15) is 4.79 Å². The van der Waals surface area contributed by atoms with Crippen molar-refractivity contribution in [3.8, 4) is 0 Å². The van der Waals surface area contributed by atoms with Crippen molar-refractivity contribution in [2.45, 2.75) is 31.8 Å². The Kier molecular flexibility index (Phi) is 3.58. The summed E-state index contributed by atoms with van der Waals surface area (Å²) in [6, 6.07) is 5.09. The summed E-state index contributed by atoms with van der Waals surface area (Å²) < 4.78 is 5.32. The van der Waals surface area contributed by atoms with Crippen LogP contribution >= 0.6 is 11.3 Å². The van der Waals surface area contributed by atoms with Crippen LogP contribution in [0.3, 0.4) is 0 Å². The molecule has 0 aromatic carbocycles. The zero-order valence-electron chi connectivity index (χ0n) is 11.3. The van der Waals surface area contributed by atoms with Crippen molar-refractivity contribution in [2.75, 3.05) is 6.54 Å². The molecule has 1 aliphatic heterocycles. The lowest BCUT2D eigenvalue weighted by molar-refractivity contribution is -0.134. The molecule has 0 saturated carbocycles. The van der Waals surface area contributed by atoms with Gasteiger partial charge in [-0.3, -0.25) is 4.79 Å². The van der Waals surface area contributed by atoms with E-state index in [1.54, 1.807) is 0 Å². The Morgan fingerprint density at radius 3 is 3.15 bits per heavy atom. The second kappa shape index (κ2) is 5.38. The standard InChI is InChI=1S/C14H17N3O2S/c1-9-8-11(19-16-9)10-4-2-6-17(10)14(18)13(15)12-5-3-7-20-12/h3,5,7-8,10,13H,2,4,6,15H2,1H3. The average Bonchev–Trinajstić information content (AvgIpc) is 3.17. The smallest absolute Gasteiger partial charge is 0.245 e. The molecule has 5 nitrogen and oxygen atoms in total. The fourth-order valence-electron chi connectivity index (χ4n) is 2.64. The number of rotatable bonds is 3. The van der Waals surface area contributed by atoms with Gasteiger partial charge in [0.05, 0.1) is 11.7 Å². The van der Waals surface area contributed by atoms with Crippen LogP contribution in [0.25, 0.3) is 0 Å². The fourth-order valence-corrected chi connectivity index (χ4v) is 3.35. The summed E-state index contributed by atoms with van der Waals surface area (Å²) >= 11 is 1.51. The van der Waals surface area contributed by atoms with Gasteiger partial charge in [-0.1, -0.05) is 11.2 Å². The number of thiophene rings is 1. The van der Waals surface area contributed by atoms with E-state index in [0.717, 1.165) is 35.7 Å². The molecule has 20 heavy (non-hydrogen) atoms. The van der Waals surface area contributed by atoms with Crippen LogP contribution in [-0.4, -0.2) is 22.5 Å². The molecule has 1 aliphatic rings. The number of amides is 1. The molecule has 1 amide bonds. The van der Waals surface area contributed by atoms with E-state index in [0.29, 0.717) is 0 Å². The third-order valence-corrected chi connectivity index (χ3v) is 4.58. The van der Waals surface area contributed by atoms with Crippen LogP contribution in [0.1, 0.15) is 41.3 Å². The van der Waals surface area contributed by atoms with Crippen molar-refractivity contribution in [3.05, 3.63) is 39.9 Å². The van der Waals surface area contributed by atoms with Gasteiger partial charge in [0, 0.05) is 17.5 Å². The highest BCUT2D eigenvalue weighted by molar-refractivity contribution is 7.10. The molecule has 106 valence electrons. The van der Waals surface area contributed by atoms with Crippen LogP contribution in [0.15, 0.2) is 28.1 Å². The summed E-state index contributed by atoms with van der Waals surface area (Å²) in [6.07, 6.45) is 1.87. The van der Waals surface area contributed by atoms with Crippen LogP contribution in [0, 0.1) is 6.92 Å². The van der Waals surface area contributed by atoms with Crippen LogP contribution in [0.5, 0.6) is 0 Å². The summed E-state index contributed by atoms with van der Waals surface area (Å²) in [5, 5.41) is 5.84. The first-order valence-corrected chi connectivity index (χ1v) is 7.57. The fraction of sp³-hybridized carbons (Fsp3) is 0.429. The minimum atomic E-state index is -0.584. The molecule has 0 bridgehead atoms. The quantitative estimate of drug-likeness (QED) is 0.942. The van der Waals surface area contributed by atoms with Gasteiger partial charge in [-0.2, -0.15) is 0 Å². The monoisotopic (exact) mass is 291 g/mol. The summed E-state index contributed by atoms with van der Waals surface area (Å²) in [5.41, 5.74) is 6.92. The van der Waals surface area contributed by atoms with E-state index in [2.05, 4.69) is 5.16 Å². The van der Waals surface area contributed by atoms with Gasteiger partial charge in [-0.25, -0.2) is 0 Å². The summed E-state index contributed by atoms with van der Waals surface area (Å²) in [6.45, 7) is 2.60. The Balaban J connectivity index is 1.80. The Morgan fingerprint density at radius 1 is 1.65 bits per heavy atom. The first-order chi connectivity index (χ1) is 9.66. The lowest BCUT2D eigenvalue weighted by atomic mass is 10.1. The van der Waals surface area contributed by atoms with E-state index >= 15 is 0 Å². The molecule has 1 saturated heterocycles. The Morgan fingerprint density at radius 2 is 2.50 bits per heavy atom. The lowest BCUT2D eigenvalue weighted by Crippen LogP contribution is -2.37. The molecule has 0 aliphatic carbocycles. The van der Waals surface area contributed by atoms with Crippen molar-refractivity contribution in [1.82, 2.24) is 10.1 Å². The second-order valence-corrected chi connectivity index (χ2v) is 6.03. The second-order valence-electron chi connectivity index (χ2n) is 5.05. The Bertz CT molecular complexity index is 593. The predicted octanol–water partition coefficient (Wildman–Crippen LogP) is 2.41. The molecule has 0 spiro atoms. The largest absolute Gasteiger partial charge is 0.359 e. The van der Waals surface area contributed by atoms with Crippen molar-refractivity contribution in [3.63, 3.8) is 0 Å². The van der Waals surface area contributed by atoms with E-state index in [1.165, 1.54) is 11.3 Å². The van der Waals surface area contributed by atoms with E-state index in [-0.39, 0.29) is 11.9 Å². The molecule has 2 aromatic rings. The average molecular weight is 291 g/mol. The van der Waals surface area contributed by atoms with Crippen molar-refractivity contribution < 1.29 is 9.32 Å². The van der Waals surface area contributed by atoms with Crippen LogP contribution < -0.4 is 5.73 Å². The van der Waals surface area contributed by atoms with E-state index in [4.69, 9.17) is 10.3 Å². The van der Waals surface area contributed by atoms with Gasteiger partial charge in [0.25, 0.3) is 0 Å². The van der Waals surface area contributed by atoms with Gasteiger partial charge in [-0.05, 0) is 31.2 Å². The maximum atomic E-state index is 12.6. The van der Waals surface area contributed by atoms with Crippen molar-refractivity contribution >= 4 is 17.2 Å². The van der Waals surface area contributed by atoms with Crippen LogP contribution in [0.4, 0.5) is 0 Å². The summed E-state index contributed by atoms with van der Waals surface area (Å²) in [7, 11) is 0. The molecule has 2 aromatic heterocycles. The number of hydrogen-bond acceptors (Lipinski definition) is 5. The Labute approximate surface area is 121 Å². The number of carbonyl (C=O) groups excluding carboxylic acids is 1. The Hall–Kier alpha value is -1.66. The number of likely N-dealkylation sites (tertiary alicyclic amines) is 1. The third kappa shape index (κ3) is 2.36. The molecule has 6 heteroatoms. The lowest BCUT2D eigenvalue weighted by Gasteiger charge is -2.25. The highest BCUT2D eigenvalue weighted by Gasteiger charge is 2.35. The molecule has 0 radical (unpaired) electrons. The molecule has 3 heterocycles. The SMILES string of the molecule is Cc1cc(C2CCCN2C(=O)C(N)c2cccs2)on1. The number of hydrogen-bond donors (Lipinski definition) is 1. The zero-order valence-corrected chi connectivity index (χ0v) is 12.1. The third-order valence-electron chi connectivity index (χ3n) is 3.63. The van der Waals surface area contributed by atoms with E-state index < -0.39 is 6.04 Å². The first-order valence-electron chi connectivity index (χ1n) is 6.69. The number of nitrogens with zero attached hydrogens (tertiary/aromatic N) is 2. The summed E-state index contributed by atoms with van der Waals surface area (Å²) in [4.78, 5) is 15.3. The predicted molar refractivity (Wildman–Crippen MR) is 76.2 cm³/mol. The van der Waals surface area contributed by atoms with Crippen molar-refractivity contribution in [2.24, 2.45) is 5.73 Å². The van der Waals surface area contributed by atoms with E-state index in [1.807, 2.05) is 35.4 Å². The molecular weight excluding hydrogens is 274 g/mol. The van der Waals surface area contributed by atoms with Crippen LogP contribution in [-0.2, 0) is 4.79 Å². The van der Waals surface area contributed by atoms with Crippen molar-refractivity contribution in [1.29, 1.82) is 0 Å². The molecule has 3 rings (SSSR count). The number of nitrogens with two attached hydrogens (primary N) is 1. The van der Waals surface area contributed by atoms with Gasteiger partial charge in [-0.15, -0.1) is 11.3 Å². The molecule has 2 atom stereocenters. The van der Waals surface area contributed by atoms with Gasteiger partial charge in [0.15, 0.2) is 5.76 Å². The highest BCUT2D eigenvalue weighted by atomic mass is 32.1. The summed E-state index contributed by atoms with van der Waals surface area (Å²) in [5.74, 6) is 0.718. The number of carbonyl (C=O) groups is 1. The maximum absolute atomic E-state index is 12.6. The normalized spacial score (nSPS) is 20.3. The number of aromatic nitrogens is 1. The van der Waals surface area contributed by atoms with Gasteiger partial charge in [0.2, 0.25) is 5.91 Å². The zero-order chi connectivity index (χ0) is 14.1. The van der Waals surface area contributed by atoms with Crippen LogP contribution in [0.2, 0.25) is 0 Å².